The Morgan fingerprint density at radius 3 is 2.95 bits per heavy atom. The van der Waals surface area contributed by atoms with Crippen LogP contribution in [0.1, 0.15) is 42.0 Å². The smallest absolute Gasteiger partial charge is 0.133 e. The van der Waals surface area contributed by atoms with Crippen molar-refractivity contribution >= 4 is 15.9 Å². The summed E-state index contributed by atoms with van der Waals surface area (Å²) in [5, 5.41) is 0. The third-order valence-corrected chi connectivity index (χ3v) is 4.81. The van der Waals surface area contributed by atoms with Crippen molar-refractivity contribution in [2.24, 2.45) is 5.73 Å². The van der Waals surface area contributed by atoms with E-state index in [1.807, 2.05) is 6.07 Å². The van der Waals surface area contributed by atoms with Crippen molar-refractivity contribution in [2.75, 3.05) is 7.11 Å². The topological polar surface area (TPSA) is 40.2 Å². The number of ether oxygens (including phenoxy) is 1. The summed E-state index contributed by atoms with van der Waals surface area (Å²) in [7, 11) is 1.68. The van der Waals surface area contributed by atoms with Crippen molar-refractivity contribution in [3.63, 3.8) is 0 Å². The molecule has 0 amide bonds. The first-order valence-corrected chi connectivity index (χ1v) is 8.23. The molecule has 1 atom stereocenters. The molecule has 2 N–H and O–H groups in total. The Balaban J connectivity index is 1.82. The van der Waals surface area contributed by atoms with Crippen LogP contribution in [0.3, 0.4) is 0 Å². The summed E-state index contributed by atoms with van der Waals surface area (Å²) in [6.45, 7) is 0.863. The van der Waals surface area contributed by atoms with Crippen LogP contribution in [0.25, 0.3) is 0 Å². The zero-order chi connectivity index (χ0) is 14.8. The van der Waals surface area contributed by atoms with Crippen LogP contribution in [0.15, 0.2) is 35.1 Å². The second-order valence-corrected chi connectivity index (χ2v) is 6.59. The van der Waals surface area contributed by atoms with Crippen LogP contribution in [-0.2, 0) is 13.0 Å². The molecule has 112 valence electrons. The maximum Gasteiger partial charge on any atom is 0.133 e. The predicted molar refractivity (Wildman–Crippen MR) is 88.7 cm³/mol. The van der Waals surface area contributed by atoms with Gasteiger partial charge in [0.1, 0.15) is 5.75 Å². The number of nitrogens with two attached hydrogens (primary N) is 1. The van der Waals surface area contributed by atoms with Gasteiger partial charge in [0.2, 0.25) is 0 Å². The van der Waals surface area contributed by atoms with Crippen molar-refractivity contribution in [2.45, 2.75) is 38.3 Å². The molecule has 1 aliphatic rings. The number of rotatable bonds is 3. The molecule has 0 saturated carbocycles. The highest BCUT2D eigenvalue weighted by Crippen LogP contribution is 2.29. The molecular formula is C17H21BrN2O. The molecule has 0 spiro atoms. The monoisotopic (exact) mass is 348 g/mol. The Kier molecular flexibility index (Phi) is 4.36. The minimum atomic E-state index is 0.200. The van der Waals surface area contributed by atoms with E-state index in [0.29, 0.717) is 0 Å². The van der Waals surface area contributed by atoms with Gasteiger partial charge < -0.3 is 15.0 Å². The number of benzene rings is 1. The van der Waals surface area contributed by atoms with Crippen molar-refractivity contribution < 1.29 is 4.74 Å². The maximum absolute atomic E-state index is 6.28. The van der Waals surface area contributed by atoms with Crippen LogP contribution in [0.5, 0.6) is 5.75 Å². The summed E-state index contributed by atoms with van der Waals surface area (Å²) in [6.07, 6.45) is 9.23. The molecule has 0 saturated heterocycles. The highest BCUT2D eigenvalue weighted by atomic mass is 79.9. The second kappa shape index (κ2) is 6.24. The van der Waals surface area contributed by atoms with Gasteiger partial charge in [-0.2, -0.15) is 0 Å². The van der Waals surface area contributed by atoms with E-state index in [0.717, 1.165) is 29.6 Å². The van der Waals surface area contributed by atoms with Gasteiger partial charge in [-0.25, -0.2) is 0 Å². The lowest BCUT2D eigenvalue weighted by Crippen LogP contribution is -2.09. The maximum atomic E-state index is 6.28. The molecule has 0 fully saturated rings. The minimum absolute atomic E-state index is 0.200. The fourth-order valence-corrected chi connectivity index (χ4v) is 3.65. The molecule has 21 heavy (non-hydrogen) atoms. The van der Waals surface area contributed by atoms with Gasteiger partial charge in [0, 0.05) is 25.0 Å². The molecule has 1 aromatic carbocycles. The number of methoxy groups -OCH3 is 1. The Morgan fingerprint density at radius 2 is 2.19 bits per heavy atom. The molecule has 3 rings (SSSR count). The van der Waals surface area contributed by atoms with E-state index in [-0.39, 0.29) is 6.04 Å². The van der Waals surface area contributed by atoms with Crippen LogP contribution >= 0.6 is 15.9 Å². The van der Waals surface area contributed by atoms with E-state index < -0.39 is 0 Å². The van der Waals surface area contributed by atoms with E-state index >= 15 is 0 Å². The first kappa shape index (κ1) is 14.7. The zero-order valence-corrected chi connectivity index (χ0v) is 13.9. The molecule has 2 aromatic rings. The Hall–Kier alpha value is -1.26. The average Bonchev–Trinajstić information content (AvgIpc) is 2.79. The molecule has 0 radical (unpaired) electrons. The summed E-state index contributed by atoms with van der Waals surface area (Å²) >= 11 is 3.54. The predicted octanol–water partition coefficient (Wildman–Crippen LogP) is 4.03. The number of hydrogen-bond acceptors (Lipinski definition) is 2. The molecule has 1 aliphatic carbocycles. The van der Waals surface area contributed by atoms with Gasteiger partial charge >= 0.3 is 0 Å². The minimum Gasteiger partial charge on any atom is -0.496 e. The van der Waals surface area contributed by atoms with Crippen LogP contribution in [0, 0.1) is 0 Å². The Bertz CT molecular complexity index is 636. The molecule has 0 bridgehead atoms. The van der Waals surface area contributed by atoms with Gasteiger partial charge in [0.05, 0.1) is 11.6 Å². The Labute approximate surface area is 134 Å². The molecule has 4 heteroatoms. The lowest BCUT2D eigenvalue weighted by atomic mass is 10.1. The van der Waals surface area contributed by atoms with Crippen molar-refractivity contribution in [1.29, 1.82) is 0 Å². The van der Waals surface area contributed by atoms with Crippen LogP contribution < -0.4 is 10.5 Å². The third kappa shape index (κ3) is 3.16. The number of halogens is 1. The number of fused-ring (bicyclic) bond motifs is 1. The largest absolute Gasteiger partial charge is 0.496 e. The van der Waals surface area contributed by atoms with E-state index in [2.05, 4.69) is 45.0 Å². The van der Waals surface area contributed by atoms with E-state index in [1.54, 1.807) is 7.11 Å². The molecule has 1 unspecified atom stereocenters. The summed E-state index contributed by atoms with van der Waals surface area (Å²) < 4.78 is 8.52. The van der Waals surface area contributed by atoms with Crippen LogP contribution in [0.2, 0.25) is 0 Å². The normalized spacial score (nSPS) is 18.1. The number of aryl methyl sites for hydroxylation is 1. The highest BCUT2D eigenvalue weighted by molar-refractivity contribution is 9.10. The molecular weight excluding hydrogens is 328 g/mol. The van der Waals surface area contributed by atoms with Gasteiger partial charge in [0.25, 0.3) is 0 Å². The molecule has 3 nitrogen and oxygen atoms in total. The second-order valence-electron chi connectivity index (χ2n) is 5.73. The van der Waals surface area contributed by atoms with Crippen molar-refractivity contribution in [3.8, 4) is 5.75 Å². The molecule has 1 heterocycles. The average molecular weight is 349 g/mol. The van der Waals surface area contributed by atoms with Gasteiger partial charge in [-0.15, -0.1) is 0 Å². The summed E-state index contributed by atoms with van der Waals surface area (Å²) in [5.41, 5.74) is 10.3. The van der Waals surface area contributed by atoms with Crippen molar-refractivity contribution in [3.05, 3.63) is 51.8 Å². The summed E-state index contributed by atoms with van der Waals surface area (Å²) in [6, 6.07) is 6.42. The fourth-order valence-electron chi connectivity index (χ4n) is 3.06. The first-order chi connectivity index (χ1) is 10.2. The SMILES string of the molecule is COc1ccc(Cn2cc3c(c2)C(N)CCCC3)cc1Br. The fraction of sp³-hybridized carbons (Fsp3) is 0.412. The van der Waals surface area contributed by atoms with Gasteiger partial charge in [-0.05, 0) is 64.0 Å². The number of hydrogen-bond donors (Lipinski definition) is 1. The molecule has 1 aromatic heterocycles. The van der Waals surface area contributed by atoms with Crippen molar-refractivity contribution in [1.82, 2.24) is 4.57 Å². The standard InChI is InChI=1S/C17H21BrN2O/c1-21-17-7-6-12(8-15(17)18)9-20-10-13-4-2-3-5-16(19)14(13)11-20/h6-8,10-11,16H,2-5,9,19H2,1H3. The van der Waals surface area contributed by atoms with E-state index in [4.69, 9.17) is 10.5 Å². The van der Waals surface area contributed by atoms with Gasteiger partial charge in [0.15, 0.2) is 0 Å². The number of aromatic nitrogens is 1. The molecule has 0 aliphatic heterocycles. The van der Waals surface area contributed by atoms with E-state index in [1.165, 1.54) is 29.5 Å². The summed E-state index contributed by atoms with van der Waals surface area (Å²) in [5.74, 6) is 0.865. The zero-order valence-electron chi connectivity index (χ0n) is 12.3. The quantitative estimate of drug-likeness (QED) is 0.850. The Morgan fingerprint density at radius 1 is 1.33 bits per heavy atom. The number of nitrogens with zero attached hydrogens (tertiary/aromatic N) is 1. The van der Waals surface area contributed by atoms with Crippen LogP contribution in [0.4, 0.5) is 0 Å². The van der Waals surface area contributed by atoms with E-state index in [9.17, 15) is 0 Å². The lowest BCUT2D eigenvalue weighted by molar-refractivity contribution is 0.412. The third-order valence-electron chi connectivity index (χ3n) is 4.19. The highest BCUT2D eigenvalue weighted by Gasteiger charge is 2.17. The van der Waals surface area contributed by atoms with Crippen LogP contribution in [-0.4, -0.2) is 11.7 Å². The first-order valence-electron chi connectivity index (χ1n) is 7.44. The summed E-state index contributed by atoms with van der Waals surface area (Å²) in [4.78, 5) is 0. The van der Waals surface area contributed by atoms with Gasteiger partial charge in [-0.1, -0.05) is 12.5 Å². The van der Waals surface area contributed by atoms with Gasteiger partial charge in [-0.3, -0.25) is 0 Å². The lowest BCUT2D eigenvalue weighted by Gasteiger charge is -2.09.